The summed E-state index contributed by atoms with van der Waals surface area (Å²) in [4.78, 5) is 39.1. The normalized spacial score (nSPS) is 37.0. The van der Waals surface area contributed by atoms with E-state index in [1.807, 2.05) is 13.8 Å². The molecule has 7 heteroatoms. The highest BCUT2D eigenvalue weighted by Crippen LogP contribution is 2.71. The van der Waals surface area contributed by atoms with Gasteiger partial charge in [0.1, 0.15) is 6.61 Å². The quantitative estimate of drug-likeness (QED) is 0.125. The van der Waals surface area contributed by atoms with E-state index in [1.54, 1.807) is 13.0 Å². The van der Waals surface area contributed by atoms with Gasteiger partial charge in [-0.1, -0.05) is 109 Å². The predicted octanol–water partition coefficient (Wildman–Crippen LogP) is 7.93. The molecule has 254 valence electrons. The maximum Gasteiger partial charge on any atom is 0.306 e. The van der Waals surface area contributed by atoms with Crippen molar-refractivity contribution in [1.82, 2.24) is 0 Å². The number of unbranched alkanes of at least 4 members (excludes halogenated alkanes) is 12. The Balaban J connectivity index is 1.36. The fourth-order valence-corrected chi connectivity index (χ4v) is 10.0. The molecule has 0 aromatic carbocycles. The number of hydrogen-bond donors (Lipinski definition) is 2. The number of rotatable bonds is 17. The van der Waals surface area contributed by atoms with E-state index in [0.29, 0.717) is 31.3 Å². The summed E-state index contributed by atoms with van der Waals surface area (Å²) in [6.45, 7) is 6.93. The van der Waals surface area contributed by atoms with Crippen LogP contribution in [0.25, 0.3) is 0 Å². The number of allylic oxidation sites excluding steroid dienone is 4. The van der Waals surface area contributed by atoms with Gasteiger partial charge >= 0.3 is 5.97 Å². The van der Waals surface area contributed by atoms with Crippen LogP contribution in [0, 0.1) is 28.6 Å². The van der Waals surface area contributed by atoms with Gasteiger partial charge in [0, 0.05) is 29.1 Å². The van der Waals surface area contributed by atoms with Crippen LogP contribution in [0.1, 0.15) is 143 Å². The van der Waals surface area contributed by atoms with Gasteiger partial charge in [-0.3, -0.25) is 14.4 Å². The van der Waals surface area contributed by atoms with Gasteiger partial charge in [-0.25, -0.2) is 4.39 Å². The van der Waals surface area contributed by atoms with Gasteiger partial charge in [0.15, 0.2) is 17.1 Å². The Morgan fingerprint density at radius 3 is 2.11 bits per heavy atom. The van der Waals surface area contributed by atoms with Gasteiger partial charge < -0.3 is 14.9 Å². The summed E-state index contributed by atoms with van der Waals surface area (Å²) in [5.41, 5.74) is -5.13. The number of carbonyl (C=O) groups excluding carboxylic acids is 3. The van der Waals surface area contributed by atoms with Crippen molar-refractivity contribution >= 4 is 17.5 Å². The highest BCUT2D eigenvalue weighted by Gasteiger charge is 2.77. The number of ketones is 2. The van der Waals surface area contributed by atoms with Gasteiger partial charge in [0.2, 0.25) is 5.78 Å². The second-order valence-corrected chi connectivity index (χ2v) is 15.2. The smallest absolute Gasteiger partial charge is 0.306 e. The number of aliphatic hydroxyl groups is 2. The number of hydrogen-bond acceptors (Lipinski definition) is 6. The topological polar surface area (TPSA) is 101 Å². The molecule has 45 heavy (non-hydrogen) atoms. The third kappa shape index (κ3) is 6.51. The van der Waals surface area contributed by atoms with Crippen molar-refractivity contribution in [2.45, 2.75) is 161 Å². The number of ether oxygens (including phenoxy) is 1. The maximum atomic E-state index is 17.5. The molecule has 8 atom stereocenters. The van der Waals surface area contributed by atoms with Gasteiger partial charge in [0.25, 0.3) is 0 Å². The van der Waals surface area contributed by atoms with E-state index in [4.69, 9.17) is 4.74 Å². The van der Waals surface area contributed by atoms with E-state index in [9.17, 15) is 24.6 Å². The van der Waals surface area contributed by atoms with Crippen molar-refractivity contribution in [2.24, 2.45) is 28.6 Å². The molecular formula is C38H59FO6. The lowest BCUT2D eigenvalue weighted by Gasteiger charge is -2.62. The van der Waals surface area contributed by atoms with Gasteiger partial charge in [0.05, 0.1) is 6.10 Å². The van der Waals surface area contributed by atoms with Crippen LogP contribution < -0.4 is 0 Å². The Labute approximate surface area is 270 Å². The van der Waals surface area contributed by atoms with E-state index in [2.05, 4.69) is 6.92 Å². The summed E-state index contributed by atoms with van der Waals surface area (Å²) < 4.78 is 23.7. The van der Waals surface area contributed by atoms with Crippen molar-refractivity contribution in [3.63, 3.8) is 0 Å². The first-order valence-corrected chi connectivity index (χ1v) is 18.1. The minimum absolute atomic E-state index is 0.0720. The fraction of sp³-hybridized carbons (Fsp3) is 0.816. The number of alkyl halides is 1. The Kier molecular flexibility index (Phi) is 11.9. The highest BCUT2D eigenvalue weighted by atomic mass is 19.1. The number of halogens is 1. The molecule has 0 aromatic heterocycles. The summed E-state index contributed by atoms with van der Waals surface area (Å²) in [5.74, 6) is -2.58. The van der Waals surface area contributed by atoms with Crippen molar-refractivity contribution < 1.29 is 33.7 Å². The number of Topliss-reactive ketones (excluding diaryl/α,β-unsaturated/α-hetero) is 1. The second-order valence-electron chi connectivity index (χ2n) is 15.2. The molecule has 0 bridgehead atoms. The van der Waals surface area contributed by atoms with Crippen molar-refractivity contribution in [3.8, 4) is 0 Å². The minimum Gasteiger partial charge on any atom is -0.450 e. The molecule has 0 unspecified atom stereocenters. The molecule has 0 aromatic rings. The van der Waals surface area contributed by atoms with Crippen LogP contribution in [0.4, 0.5) is 4.39 Å². The maximum absolute atomic E-state index is 17.5. The Morgan fingerprint density at radius 1 is 0.956 bits per heavy atom. The SMILES string of the molecule is CCCCCCCCCCCCCCCC(=O)O[C@]1(C(=O)CO)[C@@H](C)C[C@H]2[C@@H]3CCC4=CC(=O)C=C[C@]4(C)[C@@]3(F)[C@@H](O)C[C@@]21C. The predicted molar refractivity (Wildman–Crippen MR) is 174 cm³/mol. The van der Waals surface area contributed by atoms with Crippen LogP contribution >= 0.6 is 0 Å². The first-order valence-electron chi connectivity index (χ1n) is 18.1. The fourth-order valence-electron chi connectivity index (χ4n) is 10.0. The second kappa shape index (κ2) is 14.9. The molecule has 0 aliphatic heterocycles. The zero-order valence-electron chi connectivity index (χ0n) is 28.4. The van der Waals surface area contributed by atoms with Crippen LogP contribution in [0.5, 0.6) is 0 Å². The van der Waals surface area contributed by atoms with Crippen molar-refractivity contribution in [1.29, 1.82) is 0 Å². The zero-order valence-corrected chi connectivity index (χ0v) is 28.4. The molecule has 2 N–H and O–H groups in total. The van der Waals surface area contributed by atoms with Crippen LogP contribution in [0.2, 0.25) is 0 Å². The molecule has 4 aliphatic rings. The third-order valence-corrected chi connectivity index (χ3v) is 12.5. The molecule has 3 saturated carbocycles. The largest absolute Gasteiger partial charge is 0.450 e. The van der Waals surface area contributed by atoms with Crippen LogP contribution in [-0.2, 0) is 19.1 Å². The first kappa shape index (κ1) is 36.0. The van der Waals surface area contributed by atoms with E-state index >= 15 is 4.39 Å². The molecule has 4 rings (SSSR count). The van der Waals surface area contributed by atoms with E-state index < -0.39 is 58.4 Å². The molecule has 0 spiro atoms. The Bertz CT molecular complexity index is 1130. The van der Waals surface area contributed by atoms with E-state index in [0.717, 1.165) is 19.3 Å². The standard InChI is InChI=1S/C38H59FO6/c1-5-6-7-8-9-10-11-12-13-14-15-16-17-18-34(44)45-38(33(43)26-40)27(2)23-31-30-20-19-28-24-29(41)21-22-35(28,3)37(30,39)32(42)25-36(31,38)4/h21-22,24,27,30-32,40,42H,5-20,23,25-26H2,1-4H3/t27-,30-,31-,32-,35-,36-,37-,38-/m0/s1. The van der Waals surface area contributed by atoms with Crippen LogP contribution in [-0.4, -0.2) is 51.7 Å². The summed E-state index contributed by atoms with van der Waals surface area (Å²) in [7, 11) is 0. The summed E-state index contributed by atoms with van der Waals surface area (Å²) in [6.07, 6.45) is 20.2. The molecule has 0 heterocycles. The van der Waals surface area contributed by atoms with E-state index in [1.165, 1.54) is 69.9 Å². The van der Waals surface area contributed by atoms with Crippen LogP contribution in [0.15, 0.2) is 23.8 Å². The first-order chi connectivity index (χ1) is 21.4. The molecule has 0 saturated heterocycles. The summed E-state index contributed by atoms with van der Waals surface area (Å²) in [6, 6.07) is 0. The summed E-state index contributed by atoms with van der Waals surface area (Å²) in [5, 5.41) is 21.8. The molecule has 6 nitrogen and oxygen atoms in total. The molecule has 0 amide bonds. The molecule has 3 fully saturated rings. The number of carbonyl (C=O) groups is 3. The monoisotopic (exact) mass is 630 g/mol. The Morgan fingerprint density at radius 2 is 1.53 bits per heavy atom. The number of aliphatic hydroxyl groups excluding tert-OH is 2. The van der Waals surface area contributed by atoms with Gasteiger partial charge in [-0.15, -0.1) is 0 Å². The number of fused-ring (bicyclic) bond motifs is 5. The number of esters is 1. The lowest BCUT2D eigenvalue weighted by atomic mass is 9.44. The lowest BCUT2D eigenvalue weighted by Crippen LogP contribution is -2.70. The average molecular weight is 631 g/mol. The highest BCUT2D eigenvalue weighted by molar-refractivity contribution is 6.01. The lowest BCUT2D eigenvalue weighted by molar-refractivity contribution is -0.228. The zero-order chi connectivity index (χ0) is 32.9. The van der Waals surface area contributed by atoms with Gasteiger partial charge in [-0.05, 0) is 57.1 Å². The average Bonchev–Trinajstić information content (AvgIpc) is 3.22. The van der Waals surface area contributed by atoms with Crippen molar-refractivity contribution in [2.75, 3.05) is 6.61 Å². The molecular weight excluding hydrogens is 571 g/mol. The molecule has 4 aliphatic carbocycles. The van der Waals surface area contributed by atoms with Gasteiger partial charge in [-0.2, -0.15) is 0 Å². The summed E-state index contributed by atoms with van der Waals surface area (Å²) >= 11 is 0. The Hall–Kier alpha value is -1.86. The molecule has 0 radical (unpaired) electrons. The minimum atomic E-state index is -2.03. The van der Waals surface area contributed by atoms with Crippen molar-refractivity contribution in [3.05, 3.63) is 23.8 Å². The van der Waals surface area contributed by atoms with E-state index in [-0.39, 0.29) is 24.5 Å². The third-order valence-electron chi connectivity index (χ3n) is 12.5. The van der Waals surface area contributed by atoms with Crippen LogP contribution in [0.3, 0.4) is 0 Å².